The number of rotatable bonds is 3. The number of nitrogens with zero attached hydrogens (tertiary/aromatic N) is 1. The Kier molecular flexibility index (Phi) is 3.55. The Morgan fingerprint density at radius 1 is 1.32 bits per heavy atom. The van der Waals surface area contributed by atoms with Gasteiger partial charge in [0, 0.05) is 18.0 Å². The average Bonchev–Trinajstić information content (AvgIpc) is 2.89. The van der Waals surface area contributed by atoms with E-state index >= 15 is 0 Å². The molecule has 0 N–H and O–H groups in total. The molecule has 0 radical (unpaired) electrons. The number of hydrogen-bond donors (Lipinski definition) is 0. The van der Waals surface area contributed by atoms with Gasteiger partial charge in [0.2, 0.25) is 11.9 Å². The molecule has 19 heavy (non-hydrogen) atoms. The van der Waals surface area contributed by atoms with Gasteiger partial charge in [0.25, 0.3) is 0 Å². The Morgan fingerprint density at radius 3 is 2.63 bits per heavy atom. The van der Waals surface area contributed by atoms with Crippen LogP contribution in [0.15, 0.2) is 47.3 Å². The summed E-state index contributed by atoms with van der Waals surface area (Å²) in [4.78, 5) is 15.1. The molecule has 0 unspecified atom stereocenters. The monoisotopic (exact) mass is 271 g/mol. The molecule has 0 aliphatic heterocycles. The average molecular weight is 271 g/mol. The lowest BCUT2D eigenvalue weighted by atomic mass is 10.1. The molecule has 2 heterocycles. The molecule has 0 spiro atoms. The van der Waals surface area contributed by atoms with E-state index in [4.69, 9.17) is 0 Å². The third kappa shape index (κ3) is 3.12. The van der Waals surface area contributed by atoms with Gasteiger partial charge < -0.3 is 9.15 Å². The minimum atomic E-state index is -4.73. The van der Waals surface area contributed by atoms with Crippen LogP contribution in [0, 0.1) is 0 Å². The second-order valence-corrected chi connectivity index (χ2v) is 3.59. The smallest absolute Gasteiger partial charge is 0.429 e. The highest BCUT2D eigenvalue weighted by Crippen LogP contribution is 2.36. The Morgan fingerprint density at radius 2 is 2.11 bits per heavy atom. The molecule has 100 valence electrons. The van der Waals surface area contributed by atoms with Crippen molar-refractivity contribution in [1.82, 2.24) is 4.98 Å². The van der Waals surface area contributed by atoms with Gasteiger partial charge >= 0.3 is 12.1 Å². The fourth-order valence-corrected chi connectivity index (χ4v) is 1.41. The summed E-state index contributed by atoms with van der Waals surface area (Å²) in [7, 11) is 0. The summed E-state index contributed by atoms with van der Waals surface area (Å²) in [5.74, 6) is -1.48. The topological polar surface area (TPSA) is 52.3 Å². The van der Waals surface area contributed by atoms with E-state index < -0.39 is 18.2 Å². The standard InChI is InChI=1S/C12H8F3NO3/c13-12(14,15)10(8-3-1-5-16-7-8)19-11(17)9-4-2-6-18-9/h1-7,10H/t10-/m0/s1. The normalized spacial score (nSPS) is 13.0. The zero-order chi connectivity index (χ0) is 13.9. The molecular weight excluding hydrogens is 263 g/mol. The van der Waals surface area contributed by atoms with Gasteiger partial charge in [0.05, 0.1) is 6.26 Å². The third-order valence-corrected chi connectivity index (χ3v) is 2.23. The fraction of sp³-hybridized carbons (Fsp3) is 0.167. The number of pyridine rings is 1. The van der Waals surface area contributed by atoms with E-state index in [1.807, 2.05) is 0 Å². The van der Waals surface area contributed by atoms with Gasteiger partial charge in [-0.3, -0.25) is 4.98 Å². The summed E-state index contributed by atoms with van der Waals surface area (Å²) in [5, 5.41) is 0. The Balaban J connectivity index is 2.23. The SMILES string of the molecule is O=C(O[C@@H](c1cccnc1)C(F)(F)F)c1ccco1. The molecule has 0 saturated carbocycles. The number of aromatic nitrogens is 1. The highest BCUT2D eigenvalue weighted by atomic mass is 19.4. The quantitative estimate of drug-likeness (QED) is 0.805. The number of alkyl halides is 3. The van der Waals surface area contributed by atoms with E-state index in [2.05, 4.69) is 14.1 Å². The maximum Gasteiger partial charge on any atom is 0.429 e. The van der Waals surface area contributed by atoms with E-state index in [1.165, 1.54) is 36.7 Å². The maximum atomic E-state index is 12.9. The largest absolute Gasteiger partial charge is 0.457 e. The number of carbonyl (C=O) groups is 1. The first-order valence-electron chi connectivity index (χ1n) is 5.19. The number of carbonyl (C=O) groups excluding carboxylic acids is 1. The Bertz CT molecular complexity index is 537. The van der Waals surface area contributed by atoms with Crippen molar-refractivity contribution >= 4 is 5.97 Å². The molecule has 0 saturated heterocycles. The van der Waals surface area contributed by atoms with Gasteiger partial charge in [-0.05, 0) is 18.2 Å². The van der Waals surface area contributed by atoms with Crippen molar-refractivity contribution in [3.8, 4) is 0 Å². The number of esters is 1. The first kappa shape index (κ1) is 13.1. The molecule has 2 aromatic heterocycles. The lowest BCUT2D eigenvalue weighted by molar-refractivity contribution is -0.207. The van der Waals surface area contributed by atoms with Crippen molar-refractivity contribution in [2.24, 2.45) is 0 Å². The van der Waals surface area contributed by atoms with Crippen LogP contribution in [0.5, 0.6) is 0 Å². The molecule has 0 fully saturated rings. The van der Waals surface area contributed by atoms with Crippen LogP contribution >= 0.6 is 0 Å². The van der Waals surface area contributed by atoms with E-state index in [-0.39, 0.29) is 11.3 Å². The molecular formula is C12H8F3NO3. The Labute approximate surface area is 105 Å². The van der Waals surface area contributed by atoms with Crippen LogP contribution < -0.4 is 0 Å². The third-order valence-electron chi connectivity index (χ3n) is 2.23. The Hall–Kier alpha value is -2.31. The van der Waals surface area contributed by atoms with Gasteiger partial charge in [-0.25, -0.2) is 4.79 Å². The lowest BCUT2D eigenvalue weighted by Gasteiger charge is -2.20. The summed E-state index contributed by atoms with van der Waals surface area (Å²) in [6.07, 6.45) is -3.62. The zero-order valence-electron chi connectivity index (χ0n) is 9.42. The molecule has 0 aliphatic carbocycles. The first-order valence-corrected chi connectivity index (χ1v) is 5.19. The van der Waals surface area contributed by atoms with Crippen molar-refractivity contribution in [2.75, 3.05) is 0 Å². The van der Waals surface area contributed by atoms with Crippen LogP contribution in [0.2, 0.25) is 0 Å². The van der Waals surface area contributed by atoms with Crippen molar-refractivity contribution < 1.29 is 27.1 Å². The first-order chi connectivity index (χ1) is 8.98. The van der Waals surface area contributed by atoms with Gasteiger partial charge in [-0.15, -0.1) is 0 Å². The second kappa shape index (κ2) is 5.13. The van der Waals surface area contributed by atoms with Crippen LogP contribution in [0.25, 0.3) is 0 Å². The number of ether oxygens (including phenoxy) is 1. The van der Waals surface area contributed by atoms with Crippen molar-refractivity contribution in [3.63, 3.8) is 0 Å². The van der Waals surface area contributed by atoms with Crippen molar-refractivity contribution in [2.45, 2.75) is 12.3 Å². The highest BCUT2D eigenvalue weighted by molar-refractivity contribution is 5.86. The minimum Gasteiger partial charge on any atom is -0.457 e. The maximum absolute atomic E-state index is 12.9. The number of hydrogen-bond acceptors (Lipinski definition) is 4. The highest BCUT2D eigenvalue weighted by Gasteiger charge is 2.44. The van der Waals surface area contributed by atoms with E-state index in [9.17, 15) is 18.0 Å². The minimum absolute atomic E-state index is 0.255. The van der Waals surface area contributed by atoms with Crippen LogP contribution in [0.4, 0.5) is 13.2 Å². The number of furan rings is 1. The van der Waals surface area contributed by atoms with Crippen LogP contribution in [-0.2, 0) is 4.74 Å². The molecule has 0 bridgehead atoms. The molecule has 1 atom stereocenters. The van der Waals surface area contributed by atoms with Crippen molar-refractivity contribution in [1.29, 1.82) is 0 Å². The summed E-state index contributed by atoms with van der Waals surface area (Å²) in [5.41, 5.74) is -0.255. The van der Waals surface area contributed by atoms with Gasteiger partial charge in [0.15, 0.2) is 0 Å². The molecule has 2 rings (SSSR count). The van der Waals surface area contributed by atoms with E-state index in [1.54, 1.807) is 0 Å². The summed E-state index contributed by atoms with van der Waals surface area (Å²) in [6.45, 7) is 0. The van der Waals surface area contributed by atoms with Gasteiger partial charge in [-0.1, -0.05) is 6.07 Å². The lowest BCUT2D eigenvalue weighted by Crippen LogP contribution is -2.26. The summed E-state index contributed by atoms with van der Waals surface area (Å²) in [6, 6.07) is 5.11. The second-order valence-electron chi connectivity index (χ2n) is 3.59. The fourth-order valence-electron chi connectivity index (χ4n) is 1.41. The van der Waals surface area contributed by atoms with Crippen LogP contribution in [0.1, 0.15) is 22.2 Å². The van der Waals surface area contributed by atoms with E-state index in [0.29, 0.717) is 0 Å². The molecule has 0 aliphatic rings. The molecule has 0 amide bonds. The molecule has 2 aromatic rings. The van der Waals surface area contributed by atoms with Crippen LogP contribution in [-0.4, -0.2) is 17.1 Å². The molecule has 7 heteroatoms. The summed E-state index contributed by atoms with van der Waals surface area (Å²) < 4.78 is 47.8. The van der Waals surface area contributed by atoms with Gasteiger partial charge in [0.1, 0.15) is 0 Å². The van der Waals surface area contributed by atoms with Crippen LogP contribution in [0.3, 0.4) is 0 Å². The zero-order valence-corrected chi connectivity index (χ0v) is 9.42. The predicted octanol–water partition coefficient (Wildman–Crippen LogP) is 3.14. The number of halogens is 3. The van der Waals surface area contributed by atoms with Gasteiger partial charge in [-0.2, -0.15) is 13.2 Å². The van der Waals surface area contributed by atoms with E-state index in [0.717, 1.165) is 6.20 Å². The molecule has 4 nitrogen and oxygen atoms in total. The summed E-state index contributed by atoms with van der Waals surface area (Å²) >= 11 is 0. The van der Waals surface area contributed by atoms with Crippen molar-refractivity contribution in [3.05, 3.63) is 54.2 Å². The predicted molar refractivity (Wildman–Crippen MR) is 57.2 cm³/mol. The molecule has 0 aromatic carbocycles.